The van der Waals surface area contributed by atoms with Gasteiger partial charge in [0.25, 0.3) is 0 Å². The first-order chi connectivity index (χ1) is 8.25. The second-order valence-electron chi connectivity index (χ2n) is 4.52. The molecule has 92 valence electrons. The van der Waals surface area contributed by atoms with E-state index in [1.165, 1.54) is 18.6 Å². The molecule has 0 aromatic heterocycles. The summed E-state index contributed by atoms with van der Waals surface area (Å²) < 4.78 is 26.2. The third-order valence-electron chi connectivity index (χ3n) is 3.13. The van der Waals surface area contributed by atoms with E-state index in [9.17, 15) is 8.78 Å². The lowest BCUT2D eigenvalue weighted by Crippen LogP contribution is -2.23. The van der Waals surface area contributed by atoms with E-state index in [-0.39, 0.29) is 11.6 Å². The Kier molecular flexibility index (Phi) is 4.26. The molecule has 1 nitrogen and oxygen atoms in total. The zero-order valence-electron chi connectivity index (χ0n) is 9.76. The molecule has 1 aliphatic carbocycles. The van der Waals surface area contributed by atoms with E-state index in [0.717, 1.165) is 25.5 Å². The minimum absolute atomic E-state index is 0.345. The Hall–Kier alpha value is -1.22. The van der Waals surface area contributed by atoms with Crippen molar-refractivity contribution >= 4 is 0 Å². The van der Waals surface area contributed by atoms with Crippen LogP contribution in [0.3, 0.4) is 0 Å². The highest BCUT2D eigenvalue weighted by molar-refractivity contribution is 5.18. The summed E-state index contributed by atoms with van der Waals surface area (Å²) in [5.74, 6) is -0.108. The molecule has 2 rings (SSSR count). The minimum atomic E-state index is -0.385. The molecule has 1 aliphatic rings. The van der Waals surface area contributed by atoms with Gasteiger partial charge in [-0.15, -0.1) is 0 Å². The molecule has 1 atom stereocenters. The predicted molar refractivity (Wildman–Crippen MR) is 64.5 cm³/mol. The normalized spacial score (nSPS) is 19.5. The summed E-state index contributed by atoms with van der Waals surface area (Å²) in [7, 11) is 0. The first-order valence-electron chi connectivity index (χ1n) is 6.05. The zero-order valence-corrected chi connectivity index (χ0v) is 9.76. The predicted octanol–water partition coefficient (Wildman–Crippen LogP) is 3.41. The molecule has 0 saturated heterocycles. The Morgan fingerprint density at radius 2 is 2.12 bits per heavy atom. The molecule has 1 N–H and O–H groups in total. The number of hydrogen-bond acceptors (Lipinski definition) is 1. The Morgan fingerprint density at radius 1 is 1.24 bits per heavy atom. The number of allylic oxidation sites excluding steroid dienone is 2. The van der Waals surface area contributed by atoms with Crippen LogP contribution in [0.1, 0.15) is 24.8 Å². The maximum Gasteiger partial charge on any atom is 0.127 e. The highest BCUT2D eigenvalue weighted by Crippen LogP contribution is 2.17. The second kappa shape index (κ2) is 5.92. The number of hydrogen-bond donors (Lipinski definition) is 1. The van der Waals surface area contributed by atoms with Gasteiger partial charge in [0.15, 0.2) is 0 Å². The maximum absolute atomic E-state index is 13.3. The number of halogens is 2. The molecule has 1 aromatic rings. The highest BCUT2D eigenvalue weighted by atomic mass is 19.1. The summed E-state index contributed by atoms with van der Waals surface area (Å²) in [6.07, 6.45) is 7.77. The monoisotopic (exact) mass is 237 g/mol. The molecule has 1 unspecified atom stereocenters. The summed E-state index contributed by atoms with van der Waals surface area (Å²) in [5.41, 5.74) is 0.399. The molecular weight excluding hydrogens is 220 g/mol. The van der Waals surface area contributed by atoms with E-state index in [0.29, 0.717) is 18.0 Å². The van der Waals surface area contributed by atoms with Gasteiger partial charge in [-0.25, -0.2) is 8.78 Å². The Bertz CT molecular complexity index is 401. The molecule has 0 radical (unpaired) electrons. The zero-order chi connectivity index (χ0) is 12.1. The second-order valence-corrected chi connectivity index (χ2v) is 4.52. The first-order valence-corrected chi connectivity index (χ1v) is 6.05. The lowest BCUT2D eigenvalue weighted by atomic mass is 9.94. The van der Waals surface area contributed by atoms with Crippen molar-refractivity contribution < 1.29 is 8.78 Å². The summed E-state index contributed by atoms with van der Waals surface area (Å²) in [6, 6.07) is 3.57. The number of rotatable bonds is 4. The maximum atomic E-state index is 13.3. The summed E-state index contributed by atoms with van der Waals surface area (Å²) in [4.78, 5) is 0. The minimum Gasteiger partial charge on any atom is -0.312 e. The van der Waals surface area contributed by atoms with Gasteiger partial charge < -0.3 is 5.32 Å². The van der Waals surface area contributed by atoms with Gasteiger partial charge in [-0.2, -0.15) is 0 Å². The van der Waals surface area contributed by atoms with Gasteiger partial charge in [0.2, 0.25) is 0 Å². The van der Waals surface area contributed by atoms with Gasteiger partial charge in [0, 0.05) is 12.1 Å². The molecule has 1 aromatic carbocycles. The highest BCUT2D eigenvalue weighted by Gasteiger charge is 2.10. The first kappa shape index (κ1) is 12.2. The average molecular weight is 237 g/mol. The molecular formula is C14H17F2N. The van der Waals surface area contributed by atoms with Crippen LogP contribution < -0.4 is 5.32 Å². The lowest BCUT2D eigenvalue weighted by molar-refractivity contribution is 0.437. The molecule has 0 saturated carbocycles. The fourth-order valence-corrected chi connectivity index (χ4v) is 2.13. The van der Waals surface area contributed by atoms with Gasteiger partial charge in [0.1, 0.15) is 11.6 Å². The smallest absolute Gasteiger partial charge is 0.127 e. The third kappa shape index (κ3) is 3.63. The van der Waals surface area contributed by atoms with Crippen LogP contribution in [-0.4, -0.2) is 6.54 Å². The molecule has 3 heteroatoms. The van der Waals surface area contributed by atoms with Crippen molar-refractivity contribution in [3.63, 3.8) is 0 Å². The van der Waals surface area contributed by atoms with E-state index < -0.39 is 0 Å². The third-order valence-corrected chi connectivity index (χ3v) is 3.13. The van der Waals surface area contributed by atoms with Gasteiger partial charge >= 0.3 is 0 Å². The van der Waals surface area contributed by atoms with Crippen molar-refractivity contribution in [2.75, 3.05) is 6.54 Å². The fourth-order valence-electron chi connectivity index (χ4n) is 2.13. The SMILES string of the molecule is Fc1ccc(F)c(CNCC2CC=CCC2)c1. The topological polar surface area (TPSA) is 12.0 Å². The van der Waals surface area contributed by atoms with Crippen LogP contribution in [0.5, 0.6) is 0 Å². The van der Waals surface area contributed by atoms with E-state index in [4.69, 9.17) is 0 Å². The Balaban J connectivity index is 1.81. The molecule has 0 amide bonds. The van der Waals surface area contributed by atoms with Crippen LogP contribution in [0.2, 0.25) is 0 Å². The van der Waals surface area contributed by atoms with E-state index in [2.05, 4.69) is 17.5 Å². The molecule has 0 spiro atoms. The quantitative estimate of drug-likeness (QED) is 0.791. The van der Waals surface area contributed by atoms with Crippen LogP contribution in [0.25, 0.3) is 0 Å². The molecule has 0 aliphatic heterocycles. The lowest BCUT2D eigenvalue weighted by Gasteiger charge is -2.18. The van der Waals surface area contributed by atoms with E-state index in [1.54, 1.807) is 0 Å². The largest absolute Gasteiger partial charge is 0.312 e. The van der Waals surface area contributed by atoms with E-state index in [1.807, 2.05) is 0 Å². The summed E-state index contributed by atoms with van der Waals surface area (Å²) in [5, 5.41) is 3.20. The van der Waals surface area contributed by atoms with Crippen LogP contribution in [0.15, 0.2) is 30.4 Å². The number of nitrogens with one attached hydrogen (secondary N) is 1. The standard InChI is InChI=1S/C14H17F2N/c15-13-6-7-14(16)12(8-13)10-17-9-11-4-2-1-3-5-11/h1-2,6-8,11,17H,3-5,9-10H2. The van der Waals surface area contributed by atoms with Crippen molar-refractivity contribution in [3.8, 4) is 0 Å². The summed E-state index contributed by atoms with van der Waals surface area (Å²) >= 11 is 0. The van der Waals surface area contributed by atoms with Crippen LogP contribution >= 0.6 is 0 Å². The van der Waals surface area contributed by atoms with Gasteiger partial charge in [0.05, 0.1) is 0 Å². The van der Waals surface area contributed by atoms with Crippen molar-refractivity contribution in [3.05, 3.63) is 47.5 Å². The van der Waals surface area contributed by atoms with Crippen LogP contribution in [0.4, 0.5) is 8.78 Å². The van der Waals surface area contributed by atoms with Gasteiger partial charge in [-0.1, -0.05) is 12.2 Å². The van der Waals surface area contributed by atoms with Crippen molar-refractivity contribution in [2.24, 2.45) is 5.92 Å². The fraction of sp³-hybridized carbons (Fsp3) is 0.429. The van der Waals surface area contributed by atoms with E-state index >= 15 is 0 Å². The van der Waals surface area contributed by atoms with Gasteiger partial charge in [-0.05, 0) is 49.9 Å². The number of benzene rings is 1. The Morgan fingerprint density at radius 3 is 2.88 bits per heavy atom. The molecule has 17 heavy (non-hydrogen) atoms. The summed E-state index contributed by atoms with van der Waals surface area (Å²) in [6.45, 7) is 1.25. The average Bonchev–Trinajstić information content (AvgIpc) is 2.35. The van der Waals surface area contributed by atoms with Crippen molar-refractivity contribution in [1.29, 1.82) is 0 Å². The van der Waals surface area contributed by atoms with Gasteiger partial charge in [-0.3, -0.25) is 0 Å². The van der Waals surface area contributed by atoms with Crippen molar-refractivity contribution in [1.82, 2.24) is 5.32 Å². The molecule has 0 heterocycles. The van der Waals surface area contributed by atoms with Crippen LogP contribution in [0, 0.1) is 17.6 Å². The molecule has 0 fully saturated rings. The van der Waals surface area contributed by atoms with Crippen molar-refractivity contribution in [2.45, 2.75) is 25.8 Å². The molecule has 0 bridgehead atoms. The van der Waals surface area contributed by atoms with Crippen LogP contribution in [-0.2, 0) is 6.54 Å². The Labute approximate surface area is 101 Å².